The molecule has 0 saturated heterocycles. The zero-order chi connectivity index (χ0) is 32.7. The van der Waals surface area contributed by atoms with Gasteiger partial charge in [0.2, 0.25) is 9.84 Å². The Morgan fingerprint density at radius 2 is 1.10 bits per heavy atom. The molecule has 0 fully saturated rings. The van der Waals surface area contributed by atoms with Crippen molar-refractivity contribution in [3.63, 3.8) is 0 Å². The summed E-state index contributed by atoms with van der Waals surface area (Å²) in [6.45, 7) is 0. The number of para-hydroxylation sites is 1. The number of furan rings is 1. The van der Waals surface area contributed by atoms with Crippen molar-refractivity contribution in [3.8, 4) is 16.8 Å². The fourth-order valence-corrected chi connectivity index (χ4v) is 8.76. The number of nitrogens with zero attached hydrogens (tertiary/aromatic N) is 1. The minimum Gasteiger partial charge on any atom is -0.455 e. The van der Waals surface area contributed by atoms with Crippen molar-refractivity contribution >= 4 is 75.1 Å². The van der Waals surface area contributed by atoms with Crippen LogP contribution in [0.3, 0.4) is 0 Å². The lowest BCUT2D eigenvalue weighted by Gasteiger charge is -2.09. The number of benzene rings is 8. The summed E-state index contributed by atoms with van der Waals surface area (Å²) < 4.78 is 36.6. The van der Waals surface area contributed by atoms with E-state index in [1.807, 2.05) is 36.4 Å². The predicted molar refractivity (Wildman–Crippen MR) is 200 cm³/mol. The summed E-state index contributed by atoms with van der Waals surface area (Å²) in [6, 6.07) is 54.2. The largest absolute Gasteiger partial charge is 0.455 e. The topological polar surface area (TPSA) is 52.2 Å². The molecule has 2 heterocycles. The lowest BCUT2D eigenvalue weighted by atomic mass is 9.95. The van der Waals surface area contributed by atoms with Gasteiger partial charge in [-0.05, 0) is 99.9 Å². The van der Waals surface area contributed by atoms with Gasteiger partial charge < -0.3 is 8.98 Å². The molecule has 0 spiro atoms. The molecule has 10 rings (SSSR count). The molecule has 0 aliphatic heterocycles. The maximum absolute atomic E-state index is 13.8. The summed E-state index contributed by atoms with van der Waals surface area (Å²) in [6.07, 6.45) is 0. The van der Waals surface area contributed by atoms with Crippen LogP contribution in [0.4, 0.5) is 0 Å². The van der Waals surface area contributed by atoms with Gasteiger partial charge in [0.25, 0.3) is 0 Å². The van der Waals surface area contributed by atoms with E-state index in [4.69, 9.17) is 4.42 Å². The maximum Gasteiger partial charge on any atom is 0.206 e. The van der Waals surface area contributed by atoms with E-state index in [0.717, 1.165) is 76.7 Å². The monoisotopic (exact) mass is 649 g/mol. The number of aromatic nitrogens is 1. The van der Waals surface area contributed by atoms with E-state index in [-0.39, 0.29) is 9.79 Å². The summed E-state index contributed by atoms with van der Waals surface area (Å²) in [4.78, 5) is 0.541. The third kappa shape index (κ3) is 4.19. The van der Waals surface area contributed by atoms with Crippen molar-refractivity contribution in [3.05, 3.63) is 164 Å². The molecule has 4 nitrogen and oxygen atoms in total. The number of rotatable bonds is 4. The second-order valence-electron chi connectivity index (χ2n) is 12.5. The van der Waals surface area contributed by atoms with Crippen LogP contribution in [0.25, 0.3) is 82.1 Å². The highest BCUT2D eigenvalue weighted by Gasteiger charge is 2.22. The lowest BCUT2D eigenvalue weighted by molar-refractivity contribution is 0.596. The standard InChI is InChI=1S/C44H27NO3S/c46-49(47,33-16-5-2-6-17-33)34-20-22-41-38(27-34)37-25-31(19-21-40(37)45(41)32-14-3-1-4-15-32)36-24-30-13-9-10-18-35(30)43-39-23-28-11-7-8-12-29(28)26-42(39)48-44(36)43/h1-27H. The van der Waals surface area contributed by atoms with Crippen molar-refractivity contribution in [2.75, 3.05) is 0 Å². The zero-order valence-electron chi connectivity index (χ0n) is 26.2. The van der Waals surface area contributed by atoms with Crippen LogP contribution >= 0.6 is 0 Å². The molecule has 0 amide bonds. The zero-order valence-corrected chi connectivity index (χ0v) is 27.0. The van der Waals surface area contributed by atoms with Gasteiger partial charge in [0.05, 0.1) is 20.8 Å². The first-order valence-corrected chi connectivity index (χ1v) is 17.7. The highest BCUT2D eigenvalue weighted by molar-refractivity contribution is 7.91. The molecule has 5 heteroatoms. The van der Waals surface area contributed by atoms with Crippen molar-refractivity contribution in [2.24, 2.45) is 0 Å². The van der Waals surface area contributed by atoms with E-state index in [1.165, 1.54) is 5.39 Å². The Morgan fingerprint density at radius 3 is 1.88 bits per heavy atom. The van der Waals surface area contributed by atoms with Gasteiger partial charge in [0.1, 0.15) is 11.2 Å². The first-order chi connectivity index (χ1) is 24.0. The van der Waals surface area contributed by atoms with Crippen LogP contribution in [0.1, 0.15) is 0 Å². The molecule has 0 atom stereocenters. The lowest BCUT2D eigenvalue weighted by Crippen LogP contribution is -2.01. The van der Waals surface area contributed by atoms with Crippen LogP contribution < -0.4 is 0 Å². The van der Waals surface area contributed by atoms with Crippen LogP contribution in [0.15, 0.2) is 178 Å². The van der Waals surface area contributed by atoms with Crippen LogP contribution in [-0.2, 0) is 9.84 Å². The van der Waals surface area contributed by atoms with Gasteiger partial charge in [-0.2, -0.15) is 0 Å². The fourth-order valence-electron chi connectivity index (χ4n) is 7.45. The van der Waals surface area contributed by atoms with E-state index in [1.54, 1.807) is 30.3 Å². The van der Waals surface area contributed by atoms with E-state index in [0.29, 0.717) is 0 Å². The predicted octanol–water partition coefficient (Wildman–Crippen LogP) is 11.5. The van der Waals surface area contributed by atoms with Crippen molar-refractivity contribution in [1.82, 2.24) is 4.57 Å². The molecule has 0 saturated carbocycles. The van der Waals surface area contributed by atoms with Gasteiger partial charge in [0.15, 0.2) is 0 Å². The van der Waals surface area contributed by atoms with Crippen molar-refractivity contribution in [1.29, 1.82) is 0 Å². The normalized spacial score (nSPS) is 12.2. The molecule has 10 aromatic rings. The van der Waals surface area contributed by atoms with E-state index in [9.17, 15) is 8.42 Å². The van der Waals surface area contributed by atoms with Crippen LogP contribution in [0, 0.1) is 0 Å². The Labute approximate surface area is 282 Å². The van der Waals surface area contributed by atoms with Gasteiger partial charge in [-0.3, -0.25) is 0 Å². The molecule has 49 heavy (non-hydrogen) atoms. The Bertz CT molecular complexity index is 3050. The summed E-state index contributed by atoms with van der Waals surface area (Å²) >= 11 is 0. The highest BCUT2D eigenvalue weighted by atomic mass is 32.2. The quantitative estimate of drug-likeness (QED) is 0.191. The van der Waals surface area contributed by atoms with Crippen LogP contribution in [0.2, 0.25) is 0 Å². The molecule has 0 unspecified atom stereocenters. The van der Waals surface area contributed by atoms with Gasteiger partial charge in [-0.1, -0.05) is 91.0 Å². The van der Waals surface area contributed by atoms with E-state index < -0.39 is 9.84 Å². The second kappa shape index (κ2) is 10.4. The Morgan fingerprint density at radius 1 is 0.469 bits per heavy atom. The van der Waals surface area contributed by atoms with Gasteiger partial charge in [-0.25, -0.2) is 8.42 Å². The maximum atomic E-state index is 13.8. The first-order valence-electron chi connectivity index (χ1n) is 16.3. The highest BCUT2D eigenvalue weighted by Crippen LogP contribution is 2.44. The number of sulfone groups is 1. The molecule has 0 radical (unpaired) electrons. The smallest absolute Gasteiger partial charge is 0.206 e. The van der Waals surface area contributed by atoms with Gasteiger partial charge in [0, 0.05) is 32.8 Å². The number of hydrogen-bond acceptors (Lipinski definition) is 3. The Balaban J connectivity index is 1.28. The molecular formula is C44H27NO3S. The van der Waals surface area contributed by atoms with Crippen molar-refractivity contribution < 1.29 is 12.8 Å². The molecular weight excluding hydrogens is 623 g/mol. The molecule has 0 bridgehead atoms. The van der Waals surface area contributed by atoms with Crippen molar-refractivity contribution in [2.45, 2.75) is 9.79 Å². The van der Waals surface area contributed by atoms with Gasteiger partial charge >= 0.3 is 0 Å². The molecule has 0 aliphatic rings. The summed E-state index contributed by atoms with van der Waals surface area (Å²) in [5.41, 5.74) is 6.61. The molecule has 2 aromatic heterocycles. The van der Waals surface area contributed by atoms with Crippen LogP contribution in [0.5, 0.6) is 0 Å². The third-order valence-corrected chi connectivity index (χ3v) is 11.5. The summed E-state index contributed by atoms with van der Waals surface area (Å²) in [5, 5.41) is 8.59. The molecule has 0 N–H and O–H groups in total. The van der Waals surface area contributed by atoms with Crippen LogP contribution in [-0.4, -0.2) is 13.0 Å². The van der Waals surface area contributed by atoms with Gasteiger partial charge in [-0.15, -0.1) is 0 Å². The average molecular weight is 650 g/mol. The molecule has 0 aliphatic carbocycles. The minimum atomic E-state index is -3.73. The SMILES string of the molecule is O=S(=O)(c1ccccc1)c1ccc2c(c1)c1cc(-c3cc4ccccc4c4c3oc3cc5ccccc5cc34)ccc1n2-c1ccccc1. The first kappa shape index (κ1) is 27.9. The number of hydrogen-bond donors (Lipinski definition) is 0. The van der Waals surface area contributed by atoms with E-state index in [2.05, 4.69) is 102 Å². The second-order valence-corrected chi connectivity index (χ2v) is 14.5. The Kier molecular flexibility index (Phi) is 5.93. The number of fused-ring (bicyclic) bond motifs is 9. The fraction of sp³-hybridized carbons (Fsp3) is 0. The summed E-state index contributed by atoms with van der Waals surface area (Å²) in [7, 11) is -3.73. The summed E-state index contributed by atoms with van der Waals surface area (Å²) in [5.74, 6) is 0. The minimum absolute atomic E-state index is 0.265. The van der Waals surface area contributed by atoms with E-state index >= 15 is 0 Å². The Hall–Kier alpha value is -6.17. The third-order valence-electron chi connectivity index (χ3n) is 9.76. The molecule has 232 valence electrons. The molecule has 8 aromatic carbocycles. The average Bonchev–Trinajstić information content (AvgIpc) is 3.69.